The van der Waals surface area contributed by atoms with Gasteiger partial charge in [-0.3, -0.25) is 0 Å². The number of hydrogen-bond donors (Lipinski definition) is 0. The van der Waals surface area contributed by atoms with Crippen molar-refractivity contribution in [2.75, 3.05) is 0 Å². The van der Waals surface area contributed by atoms with Crippen LogP contribution in [0.3, 0.4) is 0 Å². The van der Waals surface area contributed by atoms with E-state index in [9.17, 15) is 0 Å². The Morgan fingerprint density at radius 3 is 1.00 bits per heavy atom. The van der Waals surface area contributed by atoms with Gasteiger partial charge in [-0.1, -0.05) is 13.8 Å². The van der Waals surface area contributed by atoms with E-state index in [0.717, 1.165) is 0 Å². The zero-order valence-electron chi connectivity index (χ0n) is 4.71. The molecule has 0 aliphatic rings. The van der Waals surface area contributed by atoms with Gasteiger partial charge in [-0.15, -0.1) is 0 Å². The van der Waals surface area contributed by atoms with Crippen LogP contribution in [0.5, 0.6) is 0 Å². The fourth-order valence-corrected chi connectivity index (χ4v) is 0. The molecule has 0 bridgehead atoms. The van der Waals surface area contributed by atoms with E-state index >= 15 is 0 Å². The second-order valence-electron chi connectivity index (χ2n) is 0.707. The van der Waals surface area contributed by atoms with E-state index in [1.807, 2.05) is 13.8 Å². The first-order valence-electron chi connectivity index (χ1n) is 2.41. The Hall–Kier alpha value is 0.870. The molecule has 5 heavy (non-hydrogen) atoms. The molecule has 0 heterocycles. The Bertz CT molecular complexity index is 3.61. The summed E-state index contributed by atoms with van der Waals surface area (Å²) in [6.07, 6.45) is 0. The number of rotatable bonds is 0. The predicted molar refractivity (Wildman–Crippen MR) is 30.2 cm³/mol. The number of hydrogen-bond acceptors (Lipinski definition) is 0. The molecule has 0 aromatic rings. The van der Waals surface area contributed by atoms with Gasteiger partial charge in [0, 0.05) is 0 Å². The van der Waals surface area contributed by atoms with Crippen LogP contribution in [0, 0.1) is 0 Å². The molecule has 0 saturated heterocycles. The first kappa shape index (κ1) is 9.30. The average Bonchev–Trinajstić information content (AvgIpc) is 1.46. The molecular formula is C4H13In. The third-order valence-corrected chi connectivity index (χ3v) is 0. The van der Waals surface area contributed by atoms with Crippen molar-refractivity contribution < 1.29 is 0 Å². The van der Waals surface area contributed by atoms with Crippen molar-refractivity contribution in [3.63, 3.8) is 0 Å². The first-order valence-corrected chi connectivity index (χ1v) is 10.5. The van der Waals surface area contributed by atoms with Crippen LogP contribution in [-0.4, -0.2) is 22.9 Å². The third kappa shape index (κ3) is 53.0. The molecule has 0 aromatic carbocycles. The summed E-state index contributed by atoms with van der Waals surface area (Å²) in [5.41, 5.74) is 0. The van der Waals surface area contributed by atoms with Crippen LogP contribution >= 0.6 is 0 Å². The topological polar surface area (TPSA) is 0 Å². The molecule has 0 amide bonds. The van der Waals surface area contributed by atoms with Crippen molar-refractivity contribution in [3.05, 3.63) is 0 Å². The van der Waals surface area contributed by atoms with Gasteiger partial charge in [0.1, 0.15) is 0 Å². The van der Waals surface area contributed by atoms with Gasteiger partial charge in [0.25, 0.3) is 0 Å². The summed E-state index contributed by atoms with van der Waals surface area (Å²) in [7, 11) is 0. The second-order valence-corrected chi connectivity index (χ2v) is 4.74. The summed E-state index contributed by atoms with van der Waals surface area (Å²) in [6, 6.07) is 0. The van der Waals surface area contributed by atoms with Gasteiger partial charge < -0.3 is 0 Å². The first-order chi connectivity index (χ1) is 2.41. The fraction of sp³-hybridized carbons (Fsp3) is 1.00. The molecule has 0 radical (unpaired) electrons. The van der Waals surface area contributed by atoms with Crippen LogP contribution in [-0.2, 0) is 0 Å². The standard InChI is InChI=1S/C2H6.2CH3.In.H/c1-2;;;;/h1-2H3;2*1H3;;. The normalized spacial score (nSPS) is 4.00. The molecule has 0 nitrogen and oxygen atoms in total. The maximum absolute atomic E-state index is 2.34. The summed E-state index contributed by atoms with van der Waals surface area (Å²) in [6.45, 7) is 4.00. The Labute approximate surface area is 46.3 Å². The maximum atomic E-state index is 2.34. The Kier molecular flexibility index (Phi) is 38.8. The van der Waals surface area contributed by atoms with E-state index in [0.29, 0.717) is 0 Å². The zero-order chi connectivity index (χ0) is 4.71. The van der Waals surface area contributed by atoms with Crippen LogP contribution in [0.25, 0.3) is 0 Å². The monoisotopic (exact) mass is 176 g/mol. The van der Waals surface area contributed by atoms with Crippen molar-refractivity contribution in [3.8, 4) is 0 Å². The fourth-order valence-electron chi connectivity index (χ4n) is 0. The molecule has 0 aromatic heterocycles. The van der Waals surface area contributed by atoms with E-state index in [2.05, 4.69) is 9.36 Å². The second kappa shape index (κ2) is 20.9. The Balaban J connectivity index is 0. The molecule has 0 saturated carbocycles. The van der Waals surface area contributed by atoms with Crippen LogP contribution < -0.4 is 0 Å². The Morgan fingerprint density at radius 2 is 1.00 bits per heavy atom. The summed E-state index contributed by atoms with van der Waals surface area (Å²) in [5.74, 6) is 0. The van der Waals surface area contributed by atoms with E-state index in [-0.39, 0.29) is 22.9 Å². The van der Waals surface area contributed by atoms with Crippen molar-refractivity contribution >= 4 is 22.9 Å². The van der Waals surface area contributed by atoms with Crippen molar-refractivity contribution in [2.24, 2.45) is 0 Å². The molecule has 0 aliphatic heterocycles. The molecule has 0 N–H and O–H groups in total. The van der Waals surface area contributed by atoms with Gasteiger partial charge in [0.05, 0.1) is 0 Å². The third-order valence-electron chi connectivity index (χ3n) is 0. The summed E-state index contributed by atoms with van der Waals surface area (Å²) < 4.78 is 4.67. The van der Waals surface area contributed by atoms with E-state index in [1.165, 1.54) is 0 Å². The molecule has 0 rings (SSSR count). The molecule has 0 spiro atoms. The molecule has 0 fully saturated rings. The minimum absolute atomic E-state index is 0.01000. The van der Waals surface area contributed by atoms with Gasteiger partial charge in [-0.25, -0.2) is 0 Å². The molecule has 1 heteroatoms. The molecule has 0 aliphatic carbocycles. The van der Waals surface area contributed by atoms with Crippen molar-refractivity contribution in [1.82, 2.24) is 0 Å². The minimum atomic E-state index is -0.01000. The van der Waals surface area contributed by atoms with Gasteiger partial charge in [-0.05, 0) is 0 Å². The Morgan fingerprint density at radius 1 is 1.00 bits per heavy atom. The van der Waals surface area contributed by atoms with Gasteiger partial charge in [-0.2, -0.15) is 0 Å². The predicted octanol–water partition coefficient (Wildman–Crippen LogP) is 1.55. The van der Waals surface area contributed by atoms with Crippen molar-refractivity contribution in [1.29, 1.82) is 0 Å². The summed E-state index contributed by atoms with van der Waals surface area (Å²) in [4.78, 5) is 0. The van der Waals surface area contributed by atoms with Crippen LogP contribution in [0.4, 0.5) is 0 Å². The van der Waals surface area contributed by atoms with E-state index in [4.69, 9.17) is 0 Å². The molecule has 0 atom stereocenters. The molecular weight excluding hydrogens is 163 g/mol. The van der Waals surface area contributed by atoms with Crippen LogP contribution in [0.2, 0.25) is 9.36 Å². The van der Waals surface area contributed by atoms with Gasteiger partial charge in [0.15, 0.2) is 0 Å². The quantitative estimate of drug-likeness (QED) is 0.525. The average molecular weight is 176 g/mol. The van der Waals surface area contributed by atoms with Crippen molar-refractivity contribution in [2.45, 2.75) is 23.2 Å². The molecule has 0 unspecified atom stereocenters. The van der Waals surface area contributed by atoms with Crippen LogP contribution in [0.1, 0.15) is 13.8 Å². The van der Waals surface area contributed by atoms with Crippen LogP contribution in [0.15, 0.2) is 0 Å². The SMILES string of the molecule is CC.[CH3][InH][CH3]. The van der Waals surface area contributed by atoms with Gasteiger partial charge in [0.2, 0.25) is 0 Å². The van der Waals surface area contributed by atoms with Gasteiger partial charge >= 0.3 is 32.3 Å². The summed E-state index contributed by atoms with van der Waals surface area (Å²) >= 11 is -0.01000. The summed E-state index contributed by atoms with van der Waals surface area (Å²) in [5, 5.41) is 0. The zero-order valence-corrected chi connectivity index (χ0v) is 8.74. The molecule has 32 valence electrons. The van der Waals surface area contributed by atoms with E-state index in [1.54, 1.807) is 0 Å². The van der Waals surface area contributed by atoms with E-state index < -0.39 is 0 Å².